The number of para-hydroxylation sites is 1. The Balaban J connectivity index is 2.25. The van der Waals surface area contributed by atoms with Crippen molar-refractivity contribution in [2.45, 2.75) is 0 Å². The van der Waals surface area contributed by atoms with E-state index in [-0.39, 0.29) is 5.82 Å². The standard InChI is InChI=1S/C12H9BrFN/c13-9-6-7-12(11(14)8-9)15-10-4-2-1-3-5-10/h1-8,15H. The van der Waals surface area contributed by atoms with Crippen molar-refractivity contribution in [2.24, 2.45) is 0 Å². The van der Waals surface area contributed by atoms with E-state index in [2.05, 4.69) is 21.2 Å². The van der Waals surface area contributed by atoms with Crippen LogP contribution < -0.4 is 5.32 Å². The van der Waals surface area contributed by atoms with E-state index in [0.29, 0.717) is 5.69 Å². The van der Waals surface area contributed by atoms with E-state index < -0.39 is 0 Å². The largest absolute Gasteiger partial charge is 0.353 e. The third-order valence-electron chi connectivity index (χ3n) is 1.98. The highest BCUT2D eigenvalue weighted by Gasteiger charge is 2.01. The van der Waals surface area contributed by atoms with Crippen LogP contribution in [0.25, 0.3) is 0 Å². The summed E-state index contributed by atoms with van der Waals surface area (Å²) in [6.45, 7) is 0. The van der Waals surface area contributed by atoms with Gasteiger partial charge >= 0.3 is 0 Å². The molecule has 0 bridgehead atoms. The van der Waals surface area contributed by atoms with E-state index >= 15 is 0 Å². The van der Waals surface area contributed by atoms with Crippen LogP contribution in [0.4, 0.5) is 15.8 Å². The predicted octanol–water partition coefficient (Wildman–Crippen LogP) is 4.33. The Kier molecular flexibility index (Phi) is 3.02. The normalized spacial score (nSPS) is 10.0. The molecule has 0 aliphatic heterocycles. The summed E-state index contributed by atoms with van der Waals surface area (Å²) in [4.78, 5) is 0. The highest BCUT2D eigenvalue weighted by Crippen LogP contribution is 2.22. The van der Waals surface area contributed by atoms with E-state index in [9.17, 15) is 4.39 Å². The Labute approximate surface area is 96.1 Å². The molecule has 0 saturated carbocycles. The minimum absolute atomic E-state index is 0.270. The Hall–Kier alpha value is -1.35. The van der Waals surface area contributed by atoms with E-state index in [1.54, 1.807) is 12.1 Å². The molecule has 15 heavy (non-hydrogen) atoms. The van der Waals surface area contributed by atoms with Crippen molar-refractivity contribution in [3.63, 3.8) is 0 Å². The van der Waals surface area contributed by atoms with Crippen molar-refractivity contribution >= 4 is 27.3 Å². The highest BCUT2D eigenvalue weighted by atomic mass is 79.9. The fourth-order valence-electron chi connectivity index (χ4n) is 1.27. The number of benzene rings is 2. The van der Waals surface area contributed by atoms with Crippen LogP contribution in [0.15, 0.2) is 53.0 Å². The van der Waals surface area contributed by atoms with Crippen LogP contribution in [0.1, 0.15) is 0 Å². The highest BCUT2D eigenvalue weighted by molar-refractivity contribution is 9.10. The molecule has 0 aromatic heterocycles. The lowest BCUT2D eigenvalue weighted by molar-refractivity contribution is 0.631. The van der Waals surface area contributed by atoms with Gasteiger partial charge in [-0.3, -0.25) is 0 Å². The summed E-state index contributed by atoms with van der Waals surface area (Å²) in [6, 6.07) is 14.4. The monoisotopic (exact) mass is 265 g/mol. The van der Waals surface area contributed by atoms with Gasteiger partial charge in [0, 0.05) is 10.2 Å². The van der Waals surface area contributed by atoms with Gasteiger partial charge in [-0.05, 0) is 30.3 Å². The Morgan fingerprint density at radius 1 is 1.00 bits per heavy atom. The van der Waals surface area contributed by atoms with Gasteiger partial charge in [0.1, 0.15) is 5.82 Å². The van der Waals surface area contributed by atoms with E-state index in [0.717, 1.165) is 10.2 Å². The summed E-state index contributed by atoms with van der Waals surface area (Å²) in [7, 11) is 0. The maximum atomic E-state index is 13.4. The molecule has 0 amide bonds. The van der Waals surface area contributed by atoms with Crippen LogP contribution in [-0.4, -0.2) is 0 Å². The lowest BCUT2D eigenvalue weighted by Gasteiger charge is -2.07. The molecule has 2 aromatic rings. The topological polar surface area (TPSA) is 12.0 Å². The second-order valence-corrected chi connectivity index (χ2v) is 4.03. The van der Waals surface area contributed by atoms with Gasteiger partial charge in [0.15, 0.2) is 0 Å². The molecule has 0 atom stereocenters. The van der Waals surface area contributed by atoms with Crippen LogP contribution in [0.5, 0.6) is 0 Å². The lowest BCUT2D eigenvalue weighted by Crippen LogP contribution is -1.92. The zero-order valence-electron chi connectivity index (χ0n) is 7.87. The third kappa shape index (κ3) is 2.57. The molecule has 3 heteroatoms. The van der Waals surface area contributed by atoms with Gasteiger partial charge in [0.2, 0.25) is 0 Å². The molecule has 2 rings (SSSR count). The molecular weight excluding hydrogens is 257 g/mol. The number of halogens is 2. The van der Waals surface area contributed by atoms with Gasteiger partial charge < -0.3 is 5.32 Å². The van der Waals surface area contributed by atoms with Gasteiger partial charge in [-0.1, -0.05) is 34.1 Å². The first-order chi connectivity index (χ1) is 7.25. The molecule has 1 nitrogen and oxygen atoms in total. The van der Waals surface area contributed by atoms with Crippen LogP contribution in [0.3, 0.4) is 0 Å². The molecule has 0 saturated heterocycles. The van der Waals surface area contributed by atoms with Gasteiger partial charge in [-0.25, -0.2) is 4.39 Å². The van der Waals surface area contributed by atoms with Gasteiger partial charge in [0.25, 0.3) is 0 Å². The molecule has 2 aromatic carbocycles. The quantitative estimate of drug-likeness (QED) is 0.852. The first-order valence-corrected chi connectivity index (χ1v) is 5.32. The molecule has 1 N–H and O–H groups in total. The molecule has 76 valence electrons. The SMILES string of the molecule is Fc1cc(Br)ccc1Nc1ccccc1. The van der Waals surface area contributed by atoms with Crippen LogP contribution >= 0.6 is 15.9 Å². The summed E-state index contributed by atoms with van der Waals surface area (Å²) in [5, 5.41) is 3.00. The summed E-state index contributed by atoms with van der Waals surface area (Å²) in [6.07, 6.45) is 0. The maximum Gasteiger partial charge on any atom is 0.147 e. The molecule has 0 fully saturated rings. The maximum absolute atomic E-state index is 13.4. The van der Waals surface area contributed by atoms with E-state index in [4.69, 9.17) is 0 Å². The lowest BCUT2D eigenvalue weighted by atomic mass is 10.2. The molecule has 0 aliphatic rings. The average Bonchev–Trinajstić information content (AvgIpc) is 2.24. The Bertz CT molecular complexity index is 456. The Morgan fingerprint density at radius 3 is 2.40 bits per heavy atom. The second-order valence-electron chi connectivity index (χ2n) is 3.12. The molecule has 0 spiro atoms. The van der Waals surface area contributed by atoms with Crippen molar-refractivity contribution in [1.29, 1.82) is 0 Å². The first kappa shape index (κ1) is 10.2. The molecule has 0 heterocycles. The first-order valence-electron chi connectivity index (χ1n) is 4.53. The van der Waals surface area contributed by atoms with E-state index in [1.165, 1.54) is 6.07 Å². The van der Waals surface area contributed by atoms with Gasteiger partial charge in [-0.2, -0.15) is 0 Å². The van der Waals surface area contributed by atoms with Crippen molar-refractivity contribution < 1.29 is 4.39 Å². The third-order valence-corrected chi connectivity index (χ3v) is 2.48. The summed E-state index contributed by atoms with van der Waals surface area (Å²) >= 11 is 3.21. The molecule has 0 aliphatic carbocycles. The number of rotatable bonds is 2. The fraction of sp³-hybridized carbons (Fsp3) is 0. The molecular formula is C12H9BrFN. The van der Waals surface area contributed by atoms with Crippen LogP contribution in [0, 0.1) is 5.82 Å². The van der Waals surface area contributed by atoms with Crippen molar-refractivity contribution in [1.82, 2.24) is 0 Å². The van der Waals surface area contributed by atoms with Crippen molar-refractivity contribution in [3.8, 4) is 0 Å². The average molecular weight is 266 g/mol. The number of hydrogen-bond acceptors (Lipinski definition) is 1. The minimum atomic E-state index is -0.270. The molecule has 0 unspecified atom stereocenters. The summed E-state index contributed by atoms with van der Waals surface area (Å²) in [5.41, 5.74) is 1.35. The Morgan fingerprint density at radius 2 is 1.73 bits per heavy atom. The smallest absolute Gasteiger partial charge is 0.147 e. The van der Waals surface area contributed by atoms with Crippen molar-refractivity contribution in [3.05, 3.63) is 58.8 Å². The summed E-state index contributed by atoms with van der Waals surface area (Å²) in [5.74, 6) is -0.270. The zero-order valence-corrected chi connectivity index (χ0v) is 9.46. The summed E-state index contributed by atoms with van der Waals surface area (Å²) < 4.78 is 14.2. The fourth-order valence-corrected chi connectivity index (χ4v) is 1.60. The minimum Gasteiger partial charge on any atom is -0.353 e. The number of nitrogens with one attached hydrogen (secondary N) is 1. The van der Waals surface area contributed by atoms with Crippen molar-refractivity contribution in [2.75, 3.05) is 5.32 Å². The zero-order chi connectivity index (χ0) is 10.7. The van der Waals surface area contributed by atoms with Gasteiger partial charge in [0.05, 0.1) is 5.69 Å². The molecule has 0 radical (unpaired) electrons. The van der Waals surface area contributed by atoms with Crippen LogP contribution in [-0.2, 0) is 0 Å². The number of hydrogen-bond donors (Lipinski definition) is 1. The second kappa shape index (κ2) is 4.45. The number of anilines is 2. The predicted molar refractivity (Wildman–Crippen MR) is 63.8 cm³/mol. The van der Waals surface area contributed by atoms with Gasteiger partial charge in [-0.15, -0.1) is 0 Å². The van der Waals surface area contributed by atoms with Crippen LogP contribution in [0.2, 0.25) is 0 Å². The van der Waals surface area contributed by atoms with E-state index in [1.807, 2.05) is 30.3 Å².